The molecule has 0 unspecified atom stereocenters. The first-order valence-corrected chi connectivity index (χ1v) is 3.98. The molecule has 4 N–H and O–H groups in total. The Morgan fingerprint density at radius 3 is 2.36 bits per heavy atom. The normalized spacial score (nSPS) is 8.50. The summed E-state index contributed by atoms with van der Waals surface area (Å²) in [6, 6.07) is 5.21. The van der Waals surface area contributed by atoms with Crippen LogP contribution in [0.15, 0.2) is 18.2 Å². The summed E-state index contributed by atoms with van der Waals surface area (Å²) in [5.41, 5.74) is 3.05. The van der Waals surface area contributed by atoms with Gasteiger partial charge in [0.25, 0.3) is 5.09 Å². The van der Waals surface area contributed by atoms with Gasteiger partial charge in [-0.1, -0.05) is 29.3 Å². The van der Waals surface area contributed by atoms with Crippen molar-refractivity contribution in [1.82, 2.24) is 0 Å². The average Bonchev–Trinajstić information content (AvgIpc) is 2.09. The van der Waals surface area contributed by atoms with Crippen molar-refractivity contribution in [3.8, 4) is 0 Å². The molecule has 1 rings (SSSR count). The van der Waals surface area contributed by atoms with Crippen LogP contribution in [-0.4, -0.2) is 10.3 Å². The molecular weight excluding hydrogens is 233 g/mol. The van der Waals surface area contributed by atoms with E-state index < -0.39 is 5.09 Å². The van der Waals surface area contributed by atoms with Crippen LogP contribution in [0.3, 0.4) is 0 Å². The molecule has 0 aliphatic heterocycles. The van der Waals surface area contributed by atoms with E-state index in [-0.39, 0.29) is 0 Å². The monoisotopic (exact) mass is 239 g/mol. The summed E-state index contributed by atoms with van der Waals surface area (Å²) < 4.78 is 0. The third-order valence-electron chi connectivity index (χ3n) is 1.11. The highest BCUT2D eigenvalue weighted by atomic mass is 35.5. The maximum absolute atomic E-state index is 8.36. The van der Waals surface area contributed by atoms with Gasteiger partial charge in [0.1, 0.15) is 0 Å². The van der Waals surface area contributed by atoms with Crippen molar-refractivity contribution in [2.75, 3.05) is 5.43 Å². The number of nitrogens with one attached hydrogen (secondary N) is 1. The predicted molar refractivity (Wildman–Crippen MR) is 53.1 cm³/mol. The quantitative estimate of drug-likeness (QED) is 0.395. The molecule has 0 heterocycles. The van der Waals surface area contributed by atoms with Gasteiger partial charge in [-0.15, -0.1) is 10.1 Å². The van der Waals surface area contributed by atoms with Gasteiger partial charge in [-0.25, -0.2) is 0 Å². The topological polar surface area (TPSA) is 101 Å². The number of hydrogen-bond donors (Lipinski definition) is 3. The fraction of sp³-hybridized carbons (Fsp3) is 0. The lowest BCUT2D eigenvalue weighted by Gasteiger charge is -2.02. The largest absolute Gasteiger partial charge is 0.328 e. The number of halogens is 2. The van der Waals surface area contributed by atoms with Gasteiger partial charge < -0.3 is 10.6 Å². The Bertz CT molecular complexity index is 317. The summed E-state index contributed by atoms with van der Waals surface area (Å²) in [6.45, 7) is 0. The summed E-state index contributed by atoms with van der Waals surface area (Å²) in [5.74, 6) is 5.13. The molecule has 0 radical (unpaired) electrons. The SMILES string of the molecule is NNc1cccc(Cl)c1Cl.O=[N+]([O-])O. The standard InChI is InChI=1S/C6H6Cl2N2.HNO3/c7-4-2-1-3-5(10-9)6(4)8;2-1(3)4/h1-3,10H,9H2;(H,2,3,4). The molecule has 0 aromatic heterocycles. The number of nitrogen functional groups attached to an aromatic ring is 1. The van der Waals surface area contributed by atoms with Gasteiger partial charge in [0.15, 0.2) is 0 Å². The van der Waals surface area contributed by atoms with Gasteiger partial charge in [0.05, 0.1) is 15.7 Å². The summed E-state index contributed by atoms with van der Waals surface area (Å²) >= 11 is 11.4. The van der Waals surface area contributed by atoms with Crippen molar-refractivity contribution in [2.24, 2.45) is 5.84 Å². The molecule has 6 nitrogen and oxygen atoms in total. The van der Waals surface area contributed by atoms with Crippen LogP contribution >= 0.6 is 23.2 Å². The molecule has 0 saturated heterocycles. The van der Waals surface area contributed by atoms with Crippen LogP contribution in [0.4, 0.5) is 5.69 Å². The summed E-state index contributed by atoms with van der Waals surface area (Å²) in [6.07, 6.45) is 0. The second-order valence-corrected chi connectivity index (χ2v) is 2.77. The first kappa shape index (κ1) is 12.8. The number of hydrogen-bond acceptors (Lipinski definition) is 4. The van der Waals surface area contributed by atoms with Gasteiger partial charge >= 0.3 is 0 Å². The first-order valence-electron chi connectivity index (χ1n) is 3.23. The van der Waals surface area contributed by atoms with Crippen LogP contribution in [0.2, 0.25) is 10.0 Å². The Morgan fingerprint density at radius 1 is 1.50 bits per heavy atom. The van der Waals surface area contributed by atoms with Gasteiger partial charge in [0.2, 0.25) is 0 Å². The third kappa shape index (κ3) is 4.70. The van der Waals surface area contributed by atoms with Crippen molar-refractivity contribution >= 4 is 28.9 Å². The van der Waals surface area contributed by atoms with Crippen molar-refractivity contribution in [2.45, 2.75) is 0 Å². The third-order valence-corrected chi connectivity index (χ3v) is 1.93. The van der Waals surface area contributed by atoms with E-state index >= 15 is 0 Å². The maximum atomic E-state index is 8.36. The van der Waals surface area contributed by atoms with E-state index in [9.17, 15) is 0 Å². The zero-order valence-corrected chi connectivity index (χ0v) is 8.29. The molecule has 0 aliphatic rings. The van der Waals surface area contributed by atoms with Crippen LogP contribution in [-0.2, 0) is 0 Å². The maximum Gasteiger partial charge on any atom is 0.291 e. The Morgan fingerprint density at radius 2 is 2.00 bits per heavy atom. The van der Waals surface area contributed by atoms with E-state index in [0.717, 1.165) is 0 Å². The van der Waals surface area contributed by atoms with Crippen molar-refractivity contribution in [1.29, 1.82) is 0 Å². The molecule has 0 saturated carbocycles. The number of nitrogens with two attached hydrogens (primary N) is 1. The molecule has 0 spiro atoms. The van der Waals surface area contributed by atoms with E-state index in [1.165, 1.54) is 0 Å². The van der Waals surface area contributed by atoms with Gasteiger partial charge in [-0.3, -0.25) is 5.84 Å². The molecule has 78 valence electrons. The molecule has 0 aliphatic carbocycles. The summed E-state index contributed by atoms with van der Waals surface area (Å²) in [5, 5.41) is 14.6. The van der Waals surface area contributed by atoms with Crippen LogP contribution in [0, 0.1) is 10.1 Å². The van der Waals surface area contributed by atoms with E-state index in [0.29, 0.717) is 15.7 Å². The predicted octanol–water partition coefficient (Wildman–Crippen LogP) is 1.93. The number of benzene rings is 1. The number of nitrogens with zero attached hydrogens (tertiary/aromatic N) is 1. The molecule has 14 heavy (non-hydrogen) atoms. The van der Waals surface area contributed by atoms with Crippen molar-refractivity contribution in [3.63, 3.8) is 0 Å². The van der Waals surface area contributed by atoms with E-state index in [2.05, 4.69) is 5.43 Å². The molecule has 0 fully saturated rings. The Labute approximate surface area is 89.3 Å². The minimum absolute atomic E-state index is 0.451. The van der Waals surface area contributed by atoms with E-state index in [1.54, 1.807) is 18.2 Å². The second kappa shape index (κ2) is 6.25. The fourth-order valence-electron chi connectivity index (χ4n) is 0.615. The number of hydrazine groups is 1. The molecule has 0 amide bonds. The van der Waals surface area contributed by atoms with E-state index in [4.69, 9.17) is 44.4 Å². The smallest absolute Gasteiger partial charge is 0.291 e. The van der Waals surface area contributed by atoms with Gasteiger partial charge in [0, 0.05) is 0 Å². The van der Waals surface area contributed by atoms with Crippen LogP contribution in [0.1, 0.15) is 0 Å². The van der Waals surface area contributed by atoms with Crippen LogP contribution in [0.25, 0.3) is 0 Å². The molecular formula is C6H7Cl2N3O3. The lowest BCUT2D eigenvalue weighted by Crippen LogP contribution is -2.06. The Kier molecular flexibility index (Phi) is 5.70. The molecule has 1 aromatic carbocycles. The minimum atomic E-state index is -1.50. The highest BCUT2D eigenvalue weighted by Crippen LogP contribution is 2.28. The zero-order valence-electron chi connectivity index (χ0n) is 6.78. The van der Waals surface area contributed by atoms with E-state index in [1.807, 2.05) is 0 Å². The lowest BCUT2D eigenvalue weighted by atomic mass is 10.3. The number of anilines is 1. The van der Waals surface area contributed by atoms with Crippen LogP contribution in [0.5, 0.6) is 0 Å². The molecule has 1 aromatic rings. The zero-order chi connectivity index (χ0) is 11.1. The summed E-state index contributed by atoms with van der Waals surface area (Å²) in [4.78, 5) is 8.36. The Balaban J connectivity index is 0.000000364. The highest BCUT2D eigenvalue weighted by Gasteiger charge is 2.00. The highest BCUT2D eigenvalue weighted by molar-refractivity contribution is 6.43. The minimum Gasteiger partial charge on any atom is -0.328 e. The summed E-state index contributed by atoms with van der Waals surface area (Å²) in [7, 11) is 0. The molecule has 0 bridgehead atoms. The second-order valence-electron chi connectivity index (χ2n) is 1.98. The van der Waals surface area contributed by atoms with Gasteiger partial charge in [-0.2, -0.15) is 0 Å². The van der Waals surface area contributed by atoms with Crippen molar-refractivity contribution < 1.29 is 10.3 Å². The lowest BCUT2D eigenvalue weighted by molar-refractivity contribution is -0.742. The van der Waals surface area contributed by atoms with Crippen molar-refractivity contribution in [3.05, 3.63) is 38.4 Å². The van der Waals surface area contributed by atoms with Crippen LogP contribution < -0.4 is 11.3 Å². The first-order chi connectivity index (χ1) is 6.49. The van der Waals surface area contributed by atoms with Gasteiger partial charge in [-0.05, 0) is 12.1 Å². The molecule has 8 heteroatoms. The average molecular weight is 240 g/mol. The fourth-order valence-corrected chi connectivity index (χ4v) is 0.970. The molecule has 0 atom stereocenters. The number of rotatable bonds is 1. The Hall–Kier alpha value is -1.24.